The van der Waals surface area contributed by atoms with Crippen LogP contribution in [0.15, 0.2) is 30.3 Å². The van der Waals surface area contributed by atoms with Crippen molar-refractivity contribution in [3.8, 4) is 5.75 Å². The first-order valence-electron chi connectivity index (χ1n) is 3.75. The first-order chi connectivity index (χ1) is 5.79. The van der Waals surface area contributed by atoms with Crippen molar-refractivity contribution < 1.29 is 4.74 Å². The van der Waals surface area contributed by atoms with Gasteiger partial charge in [-0.3, -0.25) is 0 Å². The second-order valence-corrected chi connectivity index (χ2v) is 2.90. The number of hydrogen-bond donors (Lipinski definition) is 1. The van der Waals surface area contributed by atoms with Gasteiger partial charge in [0, 0.05) is 6.42 Å². The largest absolute Gasteiger partial charge is 0.493 e. The van der Waals surface area contributed by atoms with Crippen LogP contribution in [0.3, 0.4) is 0 Å². The summed E-state index contributed by atoms with van der Waals surface area (Å²) in [5, 5.41) is 0. The van der Waals surface area contributed by atoms with Gasteiger partial charge in [0.1, 0.15) is 5.75 Å². The van der Waals surface area contributed by atoms with Crippen molar-refractivity contribution in [2.24, 2.45) is 5.73 Å². The third-order valence-corrected chi connectivity index (χ3v) is 1.56. The molecule has 0 aromatic heterocycles. The Kier molecular flexibility index (Phi) is 3.54. The van der Waals surface area contributed by atoms with Crippen LogP contribution < -0.4 is 10.5 Å². The highest BCUT2D eigenvalue weighted by atomic mass is 32.1. The average molecular weight is 181 g/mol. The fourth-order valence-corrected chi connectivity index (χ4v) is 0.870. The number of benzene rings is 1. The molecule has 12 heavy (non-hydrogen) atoms. The second kappa shape index (κ2) is 4.72. The van der Waals surface area contributed by atoms with Gasteiger partial charge < -0.3 is 10.5 Å². The molecule has 1 rings (SSSR count). The van der Waals surface area contributed by atoms with Crippen LogP contribution in [-0.4, -0.2) is 11.6 Å². The summed E-state index contributed by atoms with van der Waals surface area (Å²) in [4.78, 5) is 0.492. The third-order valence-electron chi connectivity index (χ3n) is 1.36. The van der Waals surface area contributed by atoms with E-state index in [0.717, 1.165) is 5.75 Å². The lowest BCUT2D eigenvalue weighted by molar-refractivity contribution is 0.329. The van der Waals surface area contributed by atoms with Crippen LogP contribution in [0.2, 0.25) is 0 Å². The molecule has 0 heterocycles. The zero-order valence-electron chi connectivity index (χ0n) is 6.69. The molecule has 0 amide bonds. The van der Waals surface area contributed by atoms with Crippen LogP contribution in [0.1, 0.15) is 6.42 Å². The molecule has 0 bridgehead atoms. The molecule has 0 atom stereocenters. The molecule has 0 saturated carbocycles. The Bertz CT molecular complexity index is 248. The van der Waals surface area contributed by atoms with Crippen LogP contribution in [0.5, 0.6) is 5.75 Å². The van der Waals surface area contributed by atoms with Gasteiger partial charge in [0.25, 0.3) is 0 Å². The topological polar surface area (TPSA) is 35.2 Å². The summed E-state index contributed by atoms with van der Waals surface area (Å²) in [6.45, 7) is 0.555. The fraction of sp³-hybridized carbons (Fsp3) is 0.222. The maximum Gasteiger partial charge on any atom is 0.119 e. The molecule has 0 aliphatic heterocycles. The Hall–Kier alpha value is -1.09. The molecule has 1 aromatic carbocycles. The third kappa shape index (κ3) is 3.34. The minimum Gasteiger partial charge on any atom is -0.493 e. The summed E-state index contributed by atoms with van der Waals surface area (Å²) in [5.41, 5.74) is 5.31. The molecule has 0 fully saturated rings. The molecule has 0 aliphatic carbocycles. The van der Waals surface area contributed by atoms with E-state index < -0.39 is 0 Å². The summed E-state index contributed by atoms with van der Waals surface area (Å²) in [6.07, 6.45) is 0.629. The molecular weight excluding hydrogens is 170 g/mol. The van der Waals surface area contributed by atoms with E-state index in [4.69, 9.17) is 22.7 Å². The van der Waals surface area contributed by atoms with Crippen molar-refractivity contribution in [3.63, 3.8) is 0 Å². The van der Waals surface area contributed by atoms with E-state index in [9.17, 15) is 0 Å². The minimum atomic E-state index is 0.492. The average Bonchev–Trinajstić information content (AvgIpc) is 2.05. The van der Waals surface area contributed by atoms with Crippen molar-refractivity contribution in [3.05, 3.63) is 30.3 Å². The molecule has 2 N–H and O–H groups in total. The van der Waals surface area contributed by atoms with Crippen molar-refractivity contribution in [1.29, 1.82) is 0 Å². The molecule has 0 radical (unpaired) electrons. The summed E-state index contributed by atoms with van der Waals surface area (Å²) in [5.74, 6) is 0.855. The zero-order chi connectivity index (χ0) is 8.81. The minimum absolute atomic E-state index is 0.492. The van der Waals surface area contributed by atoms with E-state index >= 15 is 0 Å². The molecule has 64 valence electrons. The van der Waals surface area contributed by atoms with E-state index in [1.807, 2.05) is 30.3 Å². The molecule has 1 aromatic rings. The fourth-order valence-electron chi connectivity index (χ4n) is 0.786. The highest BCUT2D eigenvalue weighted by molar-refractivity contribution is 7.80. The maximum atomic E-state index is 5.35. The van der Waals surface area contributed by atoms with Gasteiger partial charge in [0.2, 0.25) is 0 Å². The number of hydrogen-bond acceptors (Lipinski definition) is 2. The van der Waals surface area contributed by atoms with Crippen LogP contribution in [0.25, 0.3) is 0 Å². The van der Waals surface area contributed by atoms with Gasteiger partial charge >= 0.3 is 0 Å². The lowest BCUT2D eigenvalue weighted by Crippen LogP contribution is -2.12. The Morgan fingerprint density at radius 1 is 1.33 bits per heavy atom. The molecule has 0 saturated heterocycles. The van der Waals surface area contributed by atoms with Crippen molar-refractivity contribution >= 4 is 17.2 Å². The van der Waals surface area contributed by atoms with E-state index in [2.05, 4.69) is 0 Å². The number of ether oxygens (including phenoxy) is 1. The molecule has 3 heteroatoms. The Morgan fingerprint density at radius 3 is 2.58 bits per heavy atom. The van der Waals surface area contributed by atoms with Crippen molar-refractivity contribution in [1.82, 2.24) is 0 Å². The number of para-hydroxylation sites is 1. The van der Waals surface area contributed by atoms with Gasteiger partial charge in [0.15, 0.2) is 0 Å². The second-order valence-electron chi connectivity index (χ2n) is 2.38. The molecule has 2 nitrogen and oxygen atoms in total. The standard InChI is InChI=1S/C9H11NOS/c10-9(12)6-7-11-8-4-2-1-3-5-8/h1-5H,6-7H2,(H2,10,12). The van der Waals surface area contributed by atoms with E-state index in [1.165, 1.54) is 0 Å². The first-order valence-corrected chi connectivity index (χ1v) is 4.16. The summed E-state index contributed by atoms with van der Waals surface area (Å²) >= 11 is 4.71. The summed E-state index contributed by atoms with van der Waals surface area (Å²) in [7, 11) is 0. The summed E-state index contributed by atoms with van der Waals surface area (Å²) < 4.78 is 5.35. The van der Waals surface area contributed by atoms with Crippen LogP contribution in [0.4, 0.5) is 0 Å². The van der Waals surface area contributed by atoms with Crippen molar-refractivity contribution in [2.45, 2.75) is 6.42 Å². The van der Waals surface area contributed by atoms with Gasteiger partial charge in [-0.25, -0.2) is 0 Å². The van der Waals surface area contributed by atoms with Gasteiger partial charge in [0.05, 0.1) is 11.6 Å². The summed E-state index contributed by atoms with van der Waals surface area (Å²) in [6, 6.07) is 9.60. The predicted molar refractivity (Wildman–Crippen MR) is 53.3 cm³/mol. The lowest BCUT2D eigenvalue weighted by atomic mass is 10.3. The predicted octanol–water partition coefficient (Wildman–Crippen LogP) is 1.74. The smallest absolute Gasteiger partial charge is 0.119 e. The number of nitrogens with two attached hydrogens (primary N) is 1. The van der Waals surface area contributed by atoms with E-state index in [0.29, 0.717) is 18.0 Å². The highest BCUT2D eigenvalue weighted by Gasteiger charge is 1.92. The first kappa shape index (κ1) is 9.00. The quantitative estimate of drug-likeness (QED) is 0.719. The van der Waals surface area contributed by atoms with Gasteiger partial charge in [-0.2, -0.15) is 0 Å². The number of thiocarbonyl (C=S) groups is 1. The SMILES string of the molecule is NC(=S)CCOc1ccccc1. The maximum absolute atomic E-state index is 5.35. The highest BCUT2D eigenvalue weighted by Crippen LogP contribution is 2.07. The zero-order valence-corrected chi connectivity index (χ0v) is 7.51. The molecule has 0 aliphatic rings. The Balaban J connectivity index is 2.29. The van der Waals surface area contributed by atoms with Gasteiger partial charge in [-0.05, 0) is 12.1 Å². The monoisotopic (exact) mass is 181 g/mol. The van der Waals surface area contributed by atoms with E-state index in [-0.39, 0.29) is 0 Å². The number of rotatable bonds is 4. The van der Waals surface area contributed by atoms with Crippen LogP contribution in [-0.2, 0) is 0 Å². The van der Waals surface area contributed by atoms with Gasteiger partial charge in [-0.15, -0.1) is 0 Å². The Morgan fingerprint density at radius 2 is 2.00 bits per heavy atom. The van der Waals surface area contributed by atoms with Gasteiger partial charge in [-0.1, -0.05) is 30.4 Å². The van der Waals surface area contributed by atoms with Crippen LogP contribution >= 0.6 is 12.2 Å². The normalized spacial score (nSPS) is 9.33. The molecular formula is C9H11NOS. The molecule has 0 spiro atoms. The van der Waals surface area contributed by atoms with Crippen LogP contribution in [0, 0.1) is 0 Å². The Labute approximate surface area is 77.3 Å². The van der Waals surface area contributed by atoms with Crippen molar-refractivity contribution in [2.75, 3.05) is 6.61 Å². The lowest BCUT2D eigenvalue weighted by Gasteiger charge is -2.03. The van der Waals surface area contributed by atoms with E-state index in [1.54, 1.807) is 0 Å². The molecule has 0 unspecified atom stereocenters.